The van der Waals surface area contributed by atoms with Crippen LogP contribution in [0.25, 0.3) is 11.0 Å². The van der Waals surface area contributed by atoms with Crippen LogP contribution in [0.15, 0.2) is 18.2 Å². The lowest BCUT2D eigenvalue weighted by molar-refractivity contribution is -0.126. The Bertz CT molecular complexity index is 794. The molecule has 0 bridgehead atoms. The van der Waals surface area contributed by atoms with E-state index in [-0.39, 0.29) is 17.7 Å². The number of anilines is 1. The van der Waals surface area contributed by atoms with Gasteiger partial charge in [-0.3, -0.25) is 9.59 Å². The zero-order valence-corrected chi connectivity index (χ0v) is 15.1. The second kappa shape index (κ2) is 7.25. The number of imidazole rings is 1. The van der Waals surface area contributed by atoms with Gasteiger partial charge in [-0.25, -0.2) is 4.98 Å². The molecule has 0 radical (unpaired) electrons. The molecule has 2 N–H and O–H groups in total. The van der Waals surface area contributed by atoms with Crippen LogP contribution in [0.5, 0.6) is 0 Å². The second-order valence-corrected chi connectivity index (χ2v) is 7.11. The maximum atomic E-state index is 12.5. The number of carbonyl (C=O) groups is 2. The average Bonchev–Trinajstić information content (AvgIpc) is 2.73. The summed E-state index contributed by atoms with van der Waals surface area (Å²) in [6.45, 7) is 6.26. The molecule has 0 spiro atoms. The number of fused-ring (bicyclic) bond motifs is 3. The molecule has 0 saturated carbocycles. The van der Waals surface area contributed by atoms with Gasteiger partial charge in [-0.1, -0.05) is 20.3 Å². The Morgan fingerprint density at radius 1 is 1.20 bits per heavy atom. The number of hydrogen-bond acceptors (Lipinski definition) is 3. The van der Waals surface area contributed by atoms with Gasteiger partial charge in [0.2, 0.25) is 11.8 Å². The SMILES string of the molecule is CC(=O)N[C@H](C(=O)Nc1ccc2c(c1)nc1n2CCCCC1)C(C)C. The first-order valence-electron chi connectivity index (χ1n) is 9.03. The Kier molecular flexibility index (Phi) is 5.06. The highest BCUT2D eigenvalue weighted by Crippen LogP contribution is 2.24. The summed E-state index contributed by atoms with van der Waals surface area (Å²) in [5.41, 5.74) is 2.74. The normalized spacial score (nSPS) is 15.5. The quantitative estimate of drug-likeness (QED) is 0.897. The molecule has 2 heterocycles. The van der Waals surface area contributed by atoms with E-state index in [4.69, 9.17) is 4.98 Å². The summed E-state index contributed by atoms with van der Waals surface area (Å²) in [6.07, 6.45) is 4.62. The van der Waals surface area contributed by atoms with Crippen molar-refractivity contribution in [1.82, 2.24) is 14.9 Å². The third-order valence-corrected chi connectivity index (χ3v) is 4.68. The lowest BCUT2D eigenvalue weighted by Gasteiger charge is -2.20. The Labute approximate surface area is 148 Å². The Morgan fingerprint density at radius 3 is 2.72 bits per heavy atom. The molecule has 6 nitrogen and oxygen atoms in total. The highest BCUT2D eigenvalue weighted by molar-refractivity contribution is 5.98. The van der Waals surface area contributed by atoms with Gasteiger partial charge in [0, 0.05) is 25.6 Å². The fraction of sp³-hybridized carbons (Fsp3) is 0.526. The largest absolute Gasteiger partial charge is 0.344 e. The lowest BCUT2D eigenvalue weighted by Crippen LogP contribution is -2.46. The molecule has 2 amide bonds. The highest BCUT2D eigenvalue weighted by Gasteiger charge is 2.23. The van der Waals surface area contributed by atoms with E-state index in [1.54, 1.807) is 0 Å². The Morgan fingerprint density at radius 2 is 2.00 bits per heavy atom. The van der Waals surface area contributed by atoms with Gasteiger partial charge in [0.05, 0.1) is 11.0 Å². The van der Waals surface area contributed by atoms with E-state index in [1.807, 2.05) is 32.0 Å². The number of carbonyl (C=O) groups excluding carboxylic acids is 2. The van der Waals surface area contributed by atoms with Crippen LogP contribution in [0.1, 0.15) is 45.9 Å². The Hall–Kier alpha value is -2.37. The number of nitrogens with one attached hydrogen (secondary N) is 2. The summed E-state index contributed by atoms with van der Waals surface area (Å²) >= 11 is 0. The predicted molar refractivity (Wildman–Crippen MR) is 98.4 cm³/mol. The van der Waals surface area contributed by atoms with Crippen molar-refractivity contribution >= 4 is 28.5 Å². The van der Waals surface area contributed by atoms with Crippen LogP contribution in [-0.2, 0) is 22.6 Å². The van der Waals surface area contributed by atoms with Crippen molar-refractivity contribution in [3.05, 3.63) is 24.0 Å². The molecule has 0 fully saturated rings. The van der Waals surface area contributed by atoms with Crippen LogP contribution in [0.2, 0.25) is 0 Å². The molecule has 0 saturated heterocycles. The van der Waals surface area contributed by atoms with Crippen molar-refractivity contribution in [3.8, 4) is 0 Å². The van der Waals surface area contributed by atoms with Crippen molar-refractivity contribution in [3.63, 3.8) is 0 Å². The molecule has 6 heteroatoms. The molecule has 25 heavy (non-hydrogen) atoms. The van der Waals surface area contributed by atoms with Gasteiger partial charge >= 0.3 is 0 Å². The summed E-state index contributed by atoms with van der Waals surface area (Å²) in [4.78, 5) is 28.6. The van der Waals surface area contributed by atoms with Crippen LogP contribution < -0.4 is 10.6 Å². The number of benzene rings is 1. The first-order chi connectivity index (χ1) is 12.0. The van der Waals surface area contributed by atoms with Crippen LogP contribution in [0.4, 0.5) is 5.69 Å². The molecular weight excluding hydrogens is 316 g/mol. The summed E-state index contributed by atoms with van der Waals surface area (Å²) in [5.74, 6) is 0.734. The van der Waals surface area contributed by atoms with Gasteiger partial charge < -0.3 is 15.2 Å². The van der Waals surface area contributed by atoms with Gasteiger partial charge in [-0.2, -0.15) is 0 Å². The third-order valence-electron chi connectivity index (χ3n) is 4.68. The molecule has 1 aromatic heterocycles. The van der Waals surface area contributed by atoms with Crippen molar-refractivity contribution in [2.75, 3.05) is 5.32 Å². The van der Waals surface area contributed by atoms with Gasteiger partial charge in [0.15, 0.2) is 0 Å². The van der Waals surface area contributed by atoms with Crippen LogP contribution in [0.3, 0.4) is 0 Å². The summed E-state index contributed by atoms with van der Waals surface area (Å²) in [7, 11) is 0. The Balaban J connectivity index is 1.82. The van der Waals surface area contributed by atoms with Crippen molar-refractivity contribution in [1.29, 1.82) is 0 Å². The van der Waals surface area contributed by atoms with Crippen LogP contribution in [-0.4, -0.2) is 27.4 Å². The van der Waals surface area contributed by atoms with Gasteiger partial charge in [-0.05, 0) is 37.0 Å². The van der Waals surface area contributed by atoms with E-state index in [0.717, 1.165) is 29.8 Å². The second-order valence-electron chi connectivity index (χ2n) is 7.11. The molecule has 1 aromatic carbocycles. The summed E-state index contributed by atoms with van der Waals surface area (Å²) in [6, 6.07) is 5.30. The number of aryl methyl sites for hydroxylation is 2. The minimum Gasteiger partial charge on any atom is -0.344 e. The van der Waals surface area contributed by atoms with E-state index in [2.05, 4.69) is 15.2 Å². The number of aromatic nitrogens is 2. The molecule has 1 aliphatic rings. The monoisotopic (exact) mass is 342 g/mol. The van der Waals surface area contributed by atoms with Crippen molar-refractivity contribution < 1.29 is 9.59 Å². The maximum absolute atomic E-state index is 12.5. The molecule has 3 rings (SSSR count). The first kappa shape index (κ1) is 17.5. The lowest BCUT2D eigenvalue weighted by atomic mass is 10.0. The van der Waals surface area contributed by atoms with Gasteiger partial charge in [0.1, 0.15) is 11.9 Å². The minimum absolute atomic E-state index is 0.0105. The number of hydrogen-bond donors (Lipinski definition) is 2. The third kappa shape index (κ3) is 3.83. The zero-order valence-electron chi connectivity index (χ0n) is 15.1. The summed E-state index contributed by atoms with van der Waals surface area (Å²) < 4.78 is 2.29. The fourth-order valence-electron chi connectivity index (χ4n) is 3.40. The number of nitrogens with zero attached hydrogens (tertiary/aromatic N) is 2. The van der Waals surface area contributed by atoms with E-state index in [9.17, 15) is 9.59 Å². The standard InChI is InChI=1S/C19H26N4O2/c1-12(2)18(20-13(3)24)19(25)21-14-8-9-16-15(11-14)22-17-7-5-4-6-10-23(16)17/h8-9,11-12,18H,4-7,10H2,1-3H3,(H,20,24)(H,21,25)/t18-/m0/s1. The molecule has 1 aliphatic heterocycles. The van der Waals surface area contributed by atoms with E-state index >= 15 is 0 Å². The van der Waals surface area contributed by atoms with Gasteiger partial charge in [0.25, 0.3) is 0 Å². The molecule has 0 unspecified atom stereocenters. The molecule has 2 aromatic rings. The first-order valence-corrected chi connectivity index (χ1v) is 9.03. The molecule has 134 valence electrons. The molecule has 1 atom stereocenters. The summed E-state index contributed by atoms with van der Waals surface area (Å²) in [5, 5.41) is 5.62. The number of amides is 2. The van der Waals surface area contributed by atoms with Crippen LogP contribution >= 0.6 is 0 Å². The zero-order chi connectivity index (χ0) is 18.0. The number of rotatable bonds is 4. The van der Waals surface area contributed by atoms with Gasteiger partial charge in [-0.15, -0.1) is 0 Å². The molecular formula is C19H26N4O2. The smallest absolute Gasteiger partial charge is 0.247 e. The fourth-order valence-corrected chi connectivity index (χ4v) is 3.40. The van der Waals surface area contributed by atoms with E-state index in [0.29, 0.717) is 5.69 Å². The maximum Gasteiger partial charge on any atom is 0.247 e. The predicted octanol–water partition coefficient (Wildman–Crippen LogP) is 2.86. The van der Waals surface area contributed by atoms with E-state index in [1.165, 1.54) is 26.2 Å². The minimum atomic E-state index is -0.549. The van der Waals surface area contributed by atoms with Crippen molar-refractivity contribution in [2.45, 2.75) is 59.0 Å². The van der Waals surface area contributed by atoms with Crippen LogP contribution in [0, 0.1) is 5.92 Å². The molecule has 0 aliphatic carbocycles. The van der Waals surface area contributed by atoms with Crippen molar-refractivity contribution in [2.24, 2.45) is 5.92 Å². The topological polar surface area (TPSA) is 76.0 Å². The van der Waals surface area contributed by atoms with E-state index < -0.39 is 6.04 Å². The highest BCUT2D eigenvalue weighted by atomic mass is 16.2. The average molecular weight is 342 g/mol.